The molecule has 38 heavy (non-hydrogen) atoms. The van der Waals surface area contributed by atoms with Crippen LogP contribution in [0.3, 0.4) is 0 Å². The summed E-state index contributed by atoms with van der Waals surface area (Å²) in [5, 5.41) is 20.9. The molecular formula is C26H30F3N5O3Si. The number of nitrogens with one attached hydrogen (secondary N) is 1. The first-order chi connectivity index (χ1) is 17.4. The van der Waals surface area contributed by atoms with E-state index in [1.54, 1.807) is 6.92 Å². The van der Waals surface area contributed by atoms with Gasteiger partial charge < -0.3 is 9.74 Å². The normalized spacial score (nSPS) is 13.6. The van der Waals surface area contributed by atoms with E-state index in [0.29, 0.717) is 10.6 Å². The van der Waals surface area contributed by atoms with Crippen LogP contribution < -0.4 is 11.2 Å². The predicted molar refractivity (Wildman–Crippen MR) is 138 cm³/mol. The molecule has 0 saturated heterocycles. The molecule has 2 unspecified atom stereocenters. The van der Waals surface area contributed by atoms with Crippen molar-refractivity contribution >= 4 is 25.8 Å². The minimum atomic E-state index is -4.81. The molecule has 0 saturated carbocycles. The van der Waals surface area contributed by atoms with Gasteiger partial charge in [-0.2, -0.15) is 23.7 Å². The number of amides is 2. The molecule has 3 N–H and O–H groups in total. The van der Waals surface area contributed by atoms with Crippen LogP contribution in [0.4, 0.5) is 18.9 Å². The Morgan fingerprint density at radius 1 is 1.05 bits per heavy atom. The molecule has 2 rings (SSSR count). The number of anilines is 1. The van der Waals surface area contributed by atoms with Gasteiger partial charge in [-0.3, -0.25) is 9.59 Å². The number of nitriles is 2. The summed E-state index contributed by atoms with van der Waals surface area (Å²) in [6.45, 7) is 11.4. The van der Waals surface area contributed by atoms with Gasteiger partial charge in [0.1, 0.15) is 6.04 Å². The molecule has 2 aromatic carbocycles. The van der Waals surface area contributed by atoms with E-state index in [9.17, 15) is 22.8 Å². The largest absolute Gasteiger partial charge is 0.417 e. The molecular weight excluding hydrogens is 515 g/mol. The van der Waals surface area contributed by atoms with Gasteiger partial charge in [0.05, 0.1) is 34.9 Å². The van der Waals surface area contributed by atoms with Crippen molar-refractivity contribution in [1.82, 2.24) is 5.01 Å². The minimum Gasteiger partial charge on any atom is -0.412 e. The third-order valence-corrected chi connectivity index (χ3v) is 11.1. The zero-order valence-electron chi connectivity index (χ0n) is 22.0. The summed E-state index contributed by atoms with van der Waals surface area (Å²) in [6, 6.07) is 10.5. The summed E-state index contributed by atoms with van der Waals surface area (Å²) in [5.74, 6) is 4.10. The molecule has 0 bridgehead atoms. The number of hydrogen-bond donors (Lipinski definition) is 2. The van der Waals surface area contributed by atoms with Gasteiger partial charge in [0.25, 0.3) is 11.8 Å². The highest BCUT2D eigenvalue weighted by Gasteiger charge is 2.42. The zero-order valence-corrected chi connectivity index (χ0v) is 23.0. The maximum Gasteiger partial charge on any atom is 0.417 e. The van der Waals surface area contributed by atoms with E-state index in [1.807, 2.05) is 39.9 Å². The number of hydrogen-bond acceptors (Lipinski definition) is 7. The van der Waals surface area contributed by atoms with Gasteiger partial charge in [-0.05, 0) is 67.5 Å². The Kier molecular flexibility index (Phi) is 9.11. The lowest BCUT2D eigenvalue weighted by atomic mass is 10.1. The molecule has 0 spiro atoms. The lowest BCUT2D eigenvalue weighted by Crippen LogP contribution is -2.56. The Morgan fingerprint density at radius 2 is 1.63 bits per heavy atom. The molecule has 2 atom stereocenters. The van der Waals surface area contributed by atoms with E-state index >= 15 is 0 Å². The second-order valence-electron chi connectivity index (χ2n) is 10.3. The number of nitrogens with two attached hydrogens (primary N) is 1. The molecule has 2 aromatic rings. The van der Waals surface area contributed by atoms with Crippen LogP contribution in [0, 0.1) is 22.7 Å². The molecule has 2 amide bonds. The quantitative estimate of drug-likeness (QED) is 0.212. The third-order valence-electron chi connectivity index (χ3n) is 6.51. The van der Waals surface area contributed by atoms with Crippen molar-refractivity contribution in [3.05, 3.63) is 64.7 Å². The highest BCUT2D eigenvalue weighted by atomic mass is 28.4. The molecule has 0 radical (unpaired) electrons. The zero-order chi connectivity index (χ0) is 29.1. The van der Waals surface area contributed by atoms with E-state index in [-0.39, 0.29) is 16.3 Å². The maximum atomic E-state index is 13.5. The number of benzene rings is 2. The molecule has 0 heterocycles. The number of nitrogens with zero attached hydrogens (tertiary/aromatic N) is 3. The average Bonchev–Trinajstić information content (AvgIpc) is 2.84. The smallest absolute Gasteiger partial charge is 0.412 e. The number of alkyl halides is 3. The van der Waals surface area contributed by atoms with Gasteiger partial charge in [-0.1, -0.05) is 20.8 Å². The van der Waals surface area contributed by atoms with E-state index in [4.69, 9.17) is 20.8 Å². The number of hydrazine groups is 1. The van der Waals surface area contributed by atoms with Gasteiger partial charge >= 0.3 is 6.18 Å². The Hall–Kier alpha value is -3.71. The van der Waals surface area contributed by atoms with E-state index < -0.39 is 49.6 Å². The lowest BCUT2D eigenvalue weighted by Gasteiger charge is -2.40. The Morgan fingerprint density at radius 3 is 2.11 bits per heavy atom. The molecule has 202 valence electrons. The second kappa shape index (κ2) is 11.4. The molecule has 0 aromatic heterocycles. The first kappa shape index (κ1) is 30.5. The fraction of sp³-hybridized carbons (Fsp3) is 0.385. The van der Waals surface area contributed by atoms with Gasteiger partial charge in [0.2, 0.25) is 0 Å². The maximum absolute atomic E-state index is 13.5. The third kappa shape index (κ3) is 6.98. The molecule has 0 aliphatic carbocycles. The fourth-order valence-electron chi connectivity index (χ4n) is 3.31. The average molecular weight is 546 g/mol. The van der Waals surface area contributed by atoms with Crippen LogP contribution in [-0.4, -0.2) is 37.3 Å². The fourth-order valence-corrected chi connectivity index (χ4v) is 4.73. The van der Waals surface area contributed by atoms with Crippen molar-refractivity contribution in [2.75, 3.05) is 5.32 Å². The van der Waals surface area contributed by atoms with Crippen LogP contribution in [0.25, 0.3) is 0 Å². The first-order valence-electron chi connectivity index (χ1n) is 11.6. The number of halogens is 3. The number of carbonyl (C=O) groups excluding carboxylic acids is 2. The van der Waals surface area contributed by atoms with Crippen LogP contribution in [0.2, 0.25) is 18.1 Å². The summed E-state index contributed by atoms with van der Waals surface area (Å²) in [4.78, 5) is 26.4. The summed E-state index contributed by atoms with van der Waals surface area (Å²) in [6.07, 6.45) is -5.72. The van der Waals surface area contributed by atoms with Gasteiger partial charge in [0, 0.05) is 11.3 Å². The van der Waals surface area contributed by atoms with Crippen molar-refractivity contribution in [1.29, 1.82) is 10.5 Å². The summed E-state index contributed by atoms with van der Waals surface area (Å²) in [7, 11) is -2.48. The van der Waals surface area contributed by atoms with Crippen molar-refractivity contribution in [2.24, 2.45) is 5.84 Å². The van der Waals surface area contributed by atoms with Crippen molar-refractivity contribution in [2.45, 2.75) is 64.1 Å². The number of carbonyl (C=O) groups is 2. The first-order valence-corrected chi connectivity index (χ1v) is 14.5. The Bertz CT molecular complexity index is 1280. The van der Waals surface area contributed by atoms with E-state index in [1.165, 1.54) is 36.4 Å². The molecule has 8 nitrogen and oxygen atoms in total. The summed E-state index contributed by atoms with van der Waals surface area (Å²) < 4.78 is 46.9. The van der Waals surface area contributed by atoms with Gasteiger partial charge in [0.15, 0.2) is 8.32 Å². The SMILES string of the molecule is CC(O[Si](C)(C)C(C)(C)C)C(Nc1ccc(C#N)c(C(F)(F)F)c1)C(=O)N(N)C(=O)c1ccc(C#N)cc1. The molecule has 12 heteroatoms. The minimum absolute atomic E-state index is 0.0364. The van der Waals surface area contributed by atoms with Crippen molar-refractivity contribution in [3.8, 4) is 12.1 Å². The highest BCUT2D eigenvalue weighted by Crippen LogP contribution is 2.38. The Labute approximate surface area is 220 Å². The molecule has 0 aliphatic heterocycles. The highest BCUT2D eigenvalue weighted by molar-refractivity contribution is 6.74. The molecule has 0 aliphatic rings. The topological polar surface area (TPSA) is 132 Å². The van der Waals surface area contributed by atoms with Crippen LogP contribution in [0.15, 0.2) is 42.5 Å². The van der Waals surface area contributed by atoms with Crippen LogP contribution in [0.5, 0.6) is 0 Å². The summed E-state index contributed by atoms with van der Waals surface area (Å²) in [5.41, 5.74) is -1.53. The Balaban J connectivity index is 2.49. The second-order valence-corrected chi connectivity index (χ2v) is 15.0. The number of rotatable bonds is 7. The lowest BCUT2D eigenvalue weighted by molar-refractivity contribution is -0.137. The van der Waals surface area contributed by atoms with Gasteiger partial charge in [-0.25, -0.2) is 10.9 Å². The number of imide groups is 1. The van der Waals surface area contributed by atoms with Crippen LogP contribution in [0.1, 0.15) is 54.7 Å². The molecule has 0 fully saturated rings. The van der Waals surface area contributed by atoms with Crippen molar-refractivity contribution < 1.29 is 27.2 Å². The monoisotopic (exact) mass is 545 g/mol. The predicted octanol–water partition coefficient (Wildman–Crippen LogP) is 5.18. The standard InChI is InChI=1S/C26H30F3N5O3Si/c1-16(37-38(5,6)25(2,3)4)22(33-20-12-11-19(15-31)21(13-20)26(27,28)29)24(36)34(32)23(35)18-9-7-17(14-30)8-10-18/h7-13,16,22,33H,32H2,1-6H3. The van der Waals surface area contributed by atoms with Gasteiger partial charge in [-0.15, -0.1) is 0 Å². The van der Waals surface area contributed by atoms with Crippen LogP contribution >= 0.6 is 0 Å². The van der Waals surface area contributed by atoms with E-state index in [2.05, 4.69) is 5.32 Å². The van der Waals surface area contributed by atoms with Crippen LogP contribution in [-0.2, 0) is 15.4 Å². The van der Waals surface area contributed by atoms with Crippen molar-refractivity contribution in [3.63, 3.8) is 0 Å². The van der Waals surface area contributed by atoms with E-state index in [0.717, 1.165) is 12.1 Å². The summed E-state index contributed by atoms with van der Waals surface area (Å²) >= 11 is 0.